The Labute approximate surface area is 103 Å². The van der Waals surface area contributed by atoms with Crippen LogP contribution in [0.15, 0.2) is 12.2 Å². The van der Waals surface area contributed by atoms with Crippen molar-refractivity contribution in [2.75, 3.05) is 0 Å². The molecule has 0 radical (unpaired) electrons. The number of hydrogen-bond acceptors (Lipinski definition) is 4. The number of nitrogens with zero attached hydrogens (tertiary/aromatic N) is 4. The van der Waals surface area contributed by atoms with Gasteiger partial charge in [0, 0.05) is 24.8 Å². The van der Waals surface area contributed by atoms with Crippen LogP contribution in [0.2, 0.25) is 0 Å². The number of rotatable bonds is 5. The second-order valence-electron chi connectivity index (χ2n) is 3.20. The summed E-state index contributed by atoms with van der Waals surface area (Å²) in [5.41, 5.74) is 0. The Balaban J connectivity index is 0. The third-order valence-corrected chi connectivity index (χ3v) is 1.87. The summed E-state index contributed by atoms with van der Waals surface area (Å²) in [5.74, 6) is -0.0435. The Bertz CT molecular complexity index is 357. The summed E-state index contributed by atoms with van der Waals surface area (Å²) in [6.07, 6.45) is 6.21. The van der Waals surface area contributed by atoms with E-state index in [0.29, 0.717) is 19.3 Å². The molecule has 88 valence electrons. The highest BCUT2D eigenvalue weighted by molar-refractivity contribution is 4.99. The van der Waals surface area contributed by atoms with Crippen molar-refractivity contribution in [3.05, 3.63) is 12.2 Å². The van der Waals surface area contributed by atoms with Gasteiger partial charge >= 0.3 is 0 Å². The Kier molecular flexibility index (Phi) is 16.2. The molecule has 0 rings (SSSR count). The minimum Gasteiger partial charge on any atom is -0.198 e. The molecule has 0 aromatic carbocycles. The molecule has 0 fully saturated rings. The van der Waals surface area contributed by atoms with Gasteiger partial charge in [-0.1, -0.05) is 6.08 Å². The maximum Gasteiger partial charge on any atom is 0.0908 e. The van der Waals surface area contributed by atoms with Crippen LogP contribution in [-0.4, -0.2) is 0 Å². The summed E-state index contributed by atoms with van der Waals surface area (Å²) in [6, 6.07) is 8.01. The SMILES string of the molecule is C/C=C/C#N.N#CCCCC(C#N)CCC#N. The lowest BCUT2D eigenvalue weighted by molar-refractivity contribution is 0.544. The molecule has 4 heteroatoms. The molecule has 1 unspecified atom stereocenters. The van der Waals surface area contributed by atoms with E-state index in [2.05, 4.69) is 6.07 Å². The Morgan fingerprint density at radius 1 is 1.00 bits per heavy atom. The van der Waals surface area contributed by atoms with E-state index in [1.165, 1.54) is 6.08 Å². The first-order valence-corrected chi connectivity index (χ1v) is 5.41. The van der Waals surface area contributed by atoms with Crippen LogP contribution in [-0.2, 0) is 0 Å². The maximum atomic E-state index is 8.61. The van der Waals surface area contributed by atoms with E-state index in [-0.39, 0.29) is 5.92 Å². The molecule has 0 saturated carbocycles. The third-order valence-electron chi connectivity index (χ3n) is 1.87. The number of hydrogen-bond donors (Lipinski definition) is 0. The summed E-state index contributed by atoms with van der Waals surface area (Å²) >= 11 is 0. The second kappa shape index (κ2) is 16.1. The van der Waals surface area contributed by atoms with Crippen LogP contribution in [0.4, 0.5) is 0 Å². The highest BCUT2D eigenvalue weighted by atomic mass is 14.3. The molecule has 0 spiro atoms. The summed E-state index contributed by atoms with van der Waals surface area (Å²) in [6.45, 7) is 1.81. The summed E-state index contributed by atoms with van der Waals surface area (Å²) in [5, 5.41) is 32.9. The van der Waals surface area contributed by atoms with Crippen LogP contribution >= 0.6 is 0 Å². The fourth-order valence-electron chi connectivity index (χ4n) is 1.01. The van der Waals surface area contributed by atoms with E-state index in [0.717, 1.165) is 12.8 Å². The summed E-state index contributed by atoms with van der Waals surface area (Å²) < 4.78 is 0. The van der Waals surface area contributed by atoms with Crippen LogP contribution in [0, 0.1) is 51.2 Å². The first kappa shape index (κ1) is 17.1. The topological polar surface area (TPSA) is 95.2 Å². The van der Waals surface area contributed by atoms with Gasteiger partial charge in [-0.3, -0.25) is 0 Å². The number of unbranched alkanes of at least 4 members (excludes halogenated alkanes) is 1. The average molecular weight is 228 g/mol. The fraction of sp³-hybridized carbons (Fsp3) is 0.538. The predicted octanol–water partition coefficient (Wildman–Crippen LogP) is 3.21. The zero-order valence-electron chi connectivity index (χ0n) is 10.1. The highest BCUT2D eigenvalue weighted by Crippen LogP contribution is 2.12. The van der Waals surface area contributed by atoms with E-state index in [1.807, 2.05) is 25.1 Å². The van der Waals surface area contributed by atoms with Crippen LogP contribution in [0.3, 0.4) is 0 Å². The highest BCUT2D eigenvalue weighted by Gasteiger charge is 2.05. The van der Waals surface area contributed by atoms with Gasteiger partial charge in [0.1, 0.15) is 0 Å². The third kappa shape index (κ3) is 16.4. The van der Waals surface area contributed by atoms with Crippen LogP contribution in [0.5, 0.6) is 0 Å². The van der Waals surface area contributed by atoms with Gasteiger partial charge in [-0.25, -0.2) is 0 Å². The van der Waals surface area contributed by atoms with Gasteiger partial charge in [0.25, 0.3) is 0 Å². The molecular weight excluding hydrogens is 212 g/mol. The van der Waals surface area contributed by atoms with Crippen molar-refractivity contribution in [3.8, 4) is 24.3 Å². The molecule has 0 aromatic heterocycles. The summed E-state index contributed by atoms with van der Waals surface area (Å²) in [4.78, 5) is 0. The smallest absolute Gasteiger partial charge is 0.0908 e. The normalized spacial score (nSPS) is 9.94. The standard InChI is InChI=1S/C9H11N3.C4H5N/c10-6-2-1-4-9(8-12)5-3-7-11;1-2-3-4-5/h9H,1-5H2;2-3H,1H3/b;3-2+. The Morgan fingerprint density at radius 3 is 2.00 bits per heavy atom. The second-order valence-corrected chi connectivity index (χ2v) is 3.20. The van der Waals surface area contributed by atoms with Gasteiger partial charge in [0.05, 0.1) is 24.3 Å². The maximum absolute atomic E-state index is 8.61. The molecule has 1 atom stereocenters. The van der Waals surface area contributed by atoms with Crippen molar-refractivity contribution in [1.82, 2.24) is 0 Å². The Morgan fingerprint density at radius 2 is 1.65 bits per heavy atom. The number of nitriles is 4. The molecule has 0 amide bonds. The van der Waals surface area contributed by atoms with Gasteiger partial charge in [-0.15, -0.1) is 0 Å². The van der Waals surface area contributed by atoms with Crippen molar-refractivity contribution in [3.63, 3.8) is 0 Å². The monoisotopic (exact) mass is 228 g/mol. The average Bonchev–Trinajstić information content (AvgIpc) is 2.35. The molecule has 0 bridgehead atoms. The van der Waals surface area contributed by atoms with Crippen molar-refractivity contribution >= 4 is 0 Å². The van der Waals surface area contributed by atoms with Crippen LogP contribution < -0.4 is 0 Å². The zero-order valence-corrected chi connectivity index (χ0v) is 10.1. The van der Waals surface area contributed by atoms with Crippen molar-refractivity contribution in [1.29, 1.82) is 21.0 Å². The first-order chi connectivity index (χ1) is 8.26. The lowest BCUT2D eigenvalue weighted by Gasteiger charge is -2.02. The van der Waals surface area contributed by atoms with Crippen molar-refractivity contribution < 1.29 is 0 Å². The van der Waals surface area contributed by atoms with E-state index in [1.54, 1.807) is 6.08 Å². The van der Waals surface area contributed by atoms with Gasteiger partial charge in [0.15, 0.2) is 0 Å². The van der Waals surface area contributed by atoms with E-state index >= 15 is 0 Å². The molecule has 0 heterocycles. The van der Waals surface area contributed by atoms with Gasteiger partial charge in [-0.05, 0) is 26.2 Å². The first-order valence-electron chi connectivity index (χ1n) is 5.41. The van der Waals surface area contributed by atoms with Gasteiger partial charge in [-0.2, -0.15) is 21.0 Å². The molecule has 0 aromatic rings. The minimum absolute atomic E-state index is 0.0435. The largest absolute Gasteiger partial charge is 0.198 e. The van der Waals surface area contributed by atoms with Gasteiger partial charge < -0.3 is 0 Å². The lowest BCUT2D eigenvalue weighted by Crippen LogP contribution is -1.96. The zero-order chi connectivity index (χ0) is 13.4. The molecule has 0 aliphatic heterocycles. The van der Waals surface area contributed by atoms with Crippen molar-refractivity contribution in [2.45, 2.75) is 39.0 Å². The minimum atomic E-state index is -0.0435. The molecule has 0 aliphatic rings. The van der Waals surface area contributed by atoms with E-state index in [9.17, 15) is 0 Å². The Hall–Kier alpha value is -2.30. The van der Waals surface area contributed by atoms with E-state index in [4.69, 9.17) is 21.0 Å². The van der Waals surface area contributed by atoms with E-state index < -0.39 is 0 Å². The van der Waals surface area contributed by atoms with Crippen LogP contribution in [0.1, 0.15) is 39.0 Å². The number of allylic oxidation sites excluding steroid dienone is 2. The van der Waals surface area contributed by atoms with Crippen LogP contribution in [0.25, 0.3) is 0 Å². The molecular formula is C13H16N4. The summed E-state index contributed by atoms with van der Waals surface area (Å²) in [7, 11) is 0. The molecule has 0 saturated heterocycles. The quantitative estimate of drug-likeness (QED) is 0.533. The molecule has 0 aliphatic carbocycles. The molecule has 4 nitrogen and oxygen atoms in total. The van der Waals surface area contributed by atoms with Crippen molar-refractivity contribution in [2.24, 2.45) is 5.92 Å². The molecule has 17 heavy (non-hydrogen) atoms. The predicted molar refractivity (Wildman–Crippen MR) is 63.8 cm³/mol. The molecule has 0 N–H and O–H groups in total. The fourth-order valence-corrected chi connectivity index (χ4v) is 1.01. The van der Waals surface area contributed by atoms with Gasteiger partial charge in [0.2, 0.25) is 0 Å². The lowest BCUT2D eigenvalue weighted by atomic mass is 9.99.